The molecule has 0 amide bonds. The van der Waals surface area contributed by atoms with Gasteiger partial charge in [-0.2, -0.15) is 0 Å². The fraction of sp³-hybridized carbons (Fsp3) is 0.375. The third-order valence-corrected chi connectivity index (χ3v) is 4.64. The molecule has 8 heteroatoms. The second kappa shape index (κ2) is 12.5. The first kappa shape index (κ1) is 22.1. The van der Waals surface area contributed by atoms with Crippen molar-refractivity contribution in [3.8, 4) is 0 Å². The molecule has 0 heterocycles. The van der Waals surface area contributed by atoms with E-state index < -0.39 is 31.6 Å². The van der Waals surface area contributed by atoms with Gasteiger partial charge >= 0.3 is 19.5 Å². The van der Waals surface area contributed by atoms with Crippen LogP contribution in [0.25, 0.3) is 0 Å². The van der Waals surface area contributed by atoms with Crippen LogP contribution in [-0.4, -0.2) is 44.0 Å². The van der Waals surface area contributed by atoms with E-state index in [0.29, 0.717) is 0 Å². The molecular weight excluding hydrogens is 335 g/mol. The third kappa shape index (κ3) is 8.06. The van der Waals surface area contributed by atoms with Crippen molar-refractivity contribution in [3.63, 3.8) is 0 Å². The Labute approximate surface area is 142 Å². The first-order valence-corrected chi connectivity index (χ1v) is 8.71. The molecule has 1 atom stereocenters. The predicted molar refractivity (Wildman–Crippen MR) is 90.6 cm³/mol. The van der Waals surface area contributed by atoms with Crippen LogP contribution in [-0.2, 0) is 32.7 Å². The number of ether oxygens (including phenoxy) is 2. The SMILES string of the molecule is C=CCOC(=O)CC(C(=O)OCC=C)P(=O)(OCC=C)OCC=C. The van der Waals surface area contributed by atoms with Gasteiger partial charge in [-0.15, -0.1) is 13.2 Å². The van der Waals surface area contributed by atoms with Crippen molar-refractivity contribution in [1.82, 2.24) is 0 Å². The summed E-state index contributed by atoms with van der Waals surface area (Å²) in [5.41, 5.74) is -1.48. The van der Waals surface area contributed by atoms with Crippen molar-refractivity contribution in [2.24, 2.45) is 0 Å². The van der Waals surface area contributed by atoms with Crippen molar-refractivity contribution < 1.29 is 32.7 Å². The Morgan fingerprint density at radius 2 is 1.29 bits per heavy atom. The van der Waals surface area contributed by atoms with E-state index in [2.05, 4.69) is 26.3 Å². The second-order valence-corrected chi connectivity index (χ2v) is 6.54. The maximum atomic E-state index is 13.0. The van der Waals surface area contributed by atoms with Crippen LogP contribution in [0.3, 0.4) is 0 Å². The van der Waals surface area contributed by atoms with Crippen molar-refractivity contribution in [3.05, 3.63) is 50.6 Å². The first-order valence-electron chi connectivity index (χ1n) is 7.09. The molecule has 0 spiro atoms. The van der Waals surface area contributed by atoms with Crippen LogP contribution in [0.15, 0.2) is 50.6 Å². The lowest BCUT2D eigenvalue weighted by atomic mass is 10.3. The minimum absolute atomic E-state index is 0.0431. The zero-order chi connectivity index (χ0) is 18.4. The summed E-state index contributed by atoms with van der Waals surface area (Å²) in [5, 5.41) is 0. The molecule has 0 aliphatic carbocycles. The average molecular weight is 358 g/mol. The van der Waals surface area contributed by atoms with Crippen molar-refractivity contribution >= 4 is 19.5 Å². The van der Waals surface area contributed by atoms with Crippen LogP contribution in [0.1, 0.15) is 6.42 Å². The molecule has 24 heavy (non-hydrogen) atoms. The zero-order valence-electron chi connectivity index (χ0n) is 13.6. The lowest BCUT2D eigenvalue weighted by molar-refractivity contribution is -0.149. The smallest absolute Gasteiger partial charge is 0.346 e. The maximum Gasteiger partial charge on any atom is 0.346 e. The highest BCUT2D eigenvalue weighted by molar-refractivity contribution is 7.55. The Kier molecular flexibility index (Phi) is 11.5. The number of carbonyl (C=O) groups excluding carboxylic acids is 2. The van der Waals surface area contributed by atoms with E-state index in [1.165, 1.54) is 24.3 Å². The van der Waals surface area contributed by atoms with Gasteiger partial charge in [-0.1, -0.05) is 37.5 Å². The van der Waals surface area contributed by atoms with E-state index in [-0.39, 0.29) is 26.4 Å². The fourth-order valence-corrected chi connectivity index (χ4v) is 3.23. The van der Waals surface area contributed by atoms with Gasteiger partial charge in [0.15, 0.2) is 5.66 Å². The highest BCUT2D eigenvalue weighted by atomic mass is 31.2. The van der Waals surface area contributed by atoms with Crippen LogP contribution < -0.4 is 0 Å². The van der Waals surface area contributed by atoms with Crippen LogP contribution in [0, 0.1) is 0 Å². The highest BCUT2D eigenvalue weighted by Crippen LogP contribution is 2.54. The summed E-state index contributed by atoms with van der Waals surface area (Å²) < 4.78 is 33.0. The normalized spacial score (nSPS) is 11.8. The van der Waals surface area contributed by atoms with Gasteiger partial charge in [-0.05, 0) is 0 Å². The van der Waals surface area contributed by atoms with Gasteiger partial charge in [-0.25, -0.2) is 0 Å². The van der Waals surface area contributed by atoms with E-state index >= 15 is 0 Å². The van der Waals surface area contributed by atoms with E-state index in [1.54, 1.807) is 0 Å². The summed E-state index contributed by atoms with van der Waals surface area (Å²) >= 11 is 0. The number of carbonyl (C=O) groups is 2. The minimum Gasteiger partial charge on any atom is -0.461 e. The molecule has 0 aromatic heterocycles. The van der Waals surface area contributed by atoms with E-state index in [0.717, 1.165) is 0 Å². The molecule has 0 bridgehead atoms. The van der Waals surface area contributed by atoms with Gasteiger partial charge in [0.2, 0.25) is 0 Å². The predicted octanol–water partition coefficient (Wildman–Crippen LogP) is 2.80. The summed E-state index contributed by atoms with van der Waals surface area (Å²) in [6.07, 6.45) is 4.85. The number of rotatable bonds is 14. The van der Waals surface area contributed by atoms with Crippen LogP contribution in [0.2, 0.25) is 0 Å². The fourth-order valence-electron chi connectivity index (χ4n) is 1.46. The van der Waals surface area contributed by atoms with Gasteiger partial charge < -0.3 is 18.5 Å². The standard InChI is InChI=1S/C16H23O7P/c1-5-9-20-15(17)13-14(16(18)21-10-6-2)24(19,22-11-7-3)23-12-8-4/h5-8,14H,1-4,9-13H2. The maximum absolute atomic E-state index is 13.0. The van der Waals surface area contributed by atoms with Crippen LogP contribution in [0.5, 0.6) is 0 Å². The van der Waals surface area contributed by atoms with Gasteiger partial charge in [0.25, 0.3) is 0 Å². The van der Waals surface area contributed by atoms with Gasteiger partial charge in [0.1, 0.15) is 13.2 Å². The van der Waals surface area contributed by atoms with Gasteiger partial charge in [0, 0.05) is 0 Å². The molecule has 0 aliphatic rings. The second-order valence-electron chi connectivity index (χ2n) is 4.32. The van der Waals surface area contributed by atoms with E-state index in [9.17, 15) is 14.2 Å². The third-order valence-electron chi connectivity index (χ3n) is 2.46. The summed E-state index contributed by atoms with van der Waals surface area (Å²) in [6, 6.07) is 0. The Bertz CT molecular complexity index is 497. The molecule has 0 aromatic rings. The number of hydrogen-bond acceptors (Lipinski definition) is 7. The van der Waals surface area contributed by atoms with Gasteiger partial charge in [0.05, 0.1) is 19.6 Å². The Morgan fingerprint density at radius 3 is 1.75 bits per heavy atom. The summed E-state index contributed by atoms with van der Waals surface area (Å²) in [5.74, 6) is -1.68. The van der Waals surface area contributed by atoms with Crippen LogP contribution >= 0.6 is 7.60 Å². The topological polar surface area (TPSA) is 88.1 Å². The molecule has 0 fully saturated rings. The van der Waals surface area contributed by atoms with E-state index in [4.69, 9.17) is 18.5 Å². The molecule has 134 valence electrons. The minimum atomic E-state index is -4.02. The molecule has 0 saturated heterocycles. The Balaban J connectivity index is 5.41. The number of hydrogen-bond donors (Lipinski definition) is 0. The monoisotopic (exact) mass is 358 g/mol. The molecule has 7 nitrogen and oxygen atoms in total. The average Bonchev–Trinajstić information content (AvgIpc) is 2.58. The lowest BCUT2D eigenvalue weighted by Crippen LogP contribution is -2.29. The van der Waals surface area contributed by atoms with Crippen molar-refractivity contribution in [2.45, 2.75) is 12.1 Å². The zero-order valence-corrected chi connectivity index (χ0v) is 14.5. The highest BCUT2D eigenvalue weighted by Gasteiger charge is 2.44. The Morgan fingerprint density at radius 1 is 0.833 bits per heavy atom. The molecular formula is C16H23O7P. The summed E-state index contributed by atoms with van der Waals surface area (Å²) in [6.45, 7) is 13.3. The van der Waals surface area contributed by atoms with E-state index in [1.807, 2.05) is 0 Å². The molecule has 0 aromatic carbocycles. The quantitative estimate of drug-likeness (QED) is 0.268. The lowest BCUT2D eigenvalue weighted by Gasteiger charge is -2.24. The molecule has 0 N–H and O–H groups in total. The van der Waals surface area contributed by atoms with Crippen molar-refractivity contribution in [1.29, 1.82) is 0 Å². The molecule has 0 rings (SSSR count). The summed E-state index contributed by atoms with van der Waals surface area (Å²) in [7, 11) is -4.02. The van der Waals surface area contributed by atoms with Gasteiger partial charge in [-0.3, -0.25) is 14.2 Å². The first-order chi connectivity index (χ1) is 11.4. The van der Waals surface area contributed by atoms with Crippen LogP contribution in [0.4, 0.5) is 0 Å². The number of esters is 2. The summed E-state index contributed by atoms with van der Waals surface area (Å²) in [4.78, 5) is 24.0. The molecule has 0 aliphatic heterocycles. The molecule has 0 saturated carbocycles. The molecule has 1 unspecified atom stereocenters. The van der Waals surface area contributed by atoms with Crippen molar-refractivity contribution in [2.75, 3.05) is 26.4 Å². The Hall–Kier alpha value is -1.95. The molecule has 0 radical (unpaired) electrons. The largest absolute Gasteiger partial charge is 0.461 e.